The number of benzene rings is 4. The molecule has 0 bridgehead atoms. The molecule has 1 amide bonds. The molecule has 6 nitrogen and oxygen atoms in total. The van der Waals surface area contributed by atoms with Gasteiger partial charge in [0.1, 0.15) is 17.6 Å². The van der Waals surface area contributed by atoms with Gasteiger partial charge in [0, 0.05) is 35.2 Å². The zero-order valence-corrected chi connectivity index (χ0v) is 27.9. The van der Waals surface area contributed by atoms with Gasteiger partial charge in [0.15, 0.2) is 0 Å². The number of hydrogen-bond acceptors (Lipinski definition) is 5. The van der Waals surface area contributed by atoms with Crippen molar-refractivity contribution in [2.75, 3.05) is 26.3 Å². The first kappa shape index (κ1) is 34.0. The Bertz CT molecular complexity index is 1770. The summed E-state index contributed by atoms with van der Waals surface area (Å²) in [4.78, 5) is 23.7. The van der Waals surface area contributed by atoms with Crippen molar-refractivity contribution in [3.8, 4) is 5.75 Å². The molecule has 2 aliphatic heterocycles. The molecule has 0 radical (unpaired) electrons. The predicted molar refractivity (Wildman–Crippen MR) is 181 cm³/mol. The van der Waals surface area contributed by atoms with Crippen molar-refractivity contribution >= 4 is 34.9 Å². The second kappa shape index (κ2) is 14.3. The summed E-state index contributed by atoms with van der Waals surface area (Å²) in [6, 6.07) is 23.7. The summed E-state index contributed by atoms with van der Waals surface area (Å²) >= 11 is 12.5. The molecule has 1 saturated heterocycles. The number of rotatable bonds is 8. The molecule has 0 saturated carbocycles. The van der Waals surface area contributed by atoms with Crippen molar-refractivity contribution in [3.05, 3.63) is 134 Å². The normalized spacial score (nSPS) is 18.7. The number of hydrogen-bond donors (Lipinski definition) is 0. The minimum atomic E-state index is -4.60. The molecule has 4 aromatic carbocycles. The van der Waals surface area contributed by atoms with Crippen LogP contribution in [0, 0.1) is 0 Å². The lowest BCUT2D eigenvalue weighted by Crippen LogP contribution is -2.38. The molecular weight excluding hydrogens is 662 g/mol. The van der Waals surface area contributed by atoms with E-state index in [4.69, 9.17) is 37.7 Å². The molecule has 11 heteroatoms. The van der Waals surface area contributed by atoms with Crippen molar-refractivity contribution in [3.63, 3.8) is 0 Å². The number of amidine groups is 1. The summed E-state index contributed by atoms with van der Waals surface area (Å²) in [5.74, 6) is -0.191. The monoisotopic (exact) mass is 695 g/mol. The van der Waals surface area contributed by atoms with Gasteiger partial charge in [-0.05, 0) is 85.1 Å². The Morgan fingerprint density at radius 3 is 2.08 bits per heavy atom. The Labute approximate surface area is 287 Å². The van der Waals surface area contributed by atoms with Crippen LogP contribution < -0.4 is 4.74 Å². The summed E-state index contributed by atoms with van der Waals surface area (Å²) in [5, 5.41) is 1.05. The van der Waals surface area contributed by atoms with Gasteiger partial charge in [0.25, 0.3) is 5.91 Å². The number of ether oxygens (including phenoxy) is 2. The van der Waals surface area contributed by atoms with Gasteiger partial charge in [-0.2, -0.15) is 13.2 Å². The molecule has 2 heterocycles. The summed E-state index contributed by atoms with van der Waals surface area (Å²) < 4.78 is 53.0. The number of morpholine rings is 1. The molecule has 2 atom stereocenters. The Morgan fingerprint density at radius 2 is 1.50 bits per heavy atom. The van der Waals surface area contributed by atoms with Crippen molar-refractivity contribution < 1.29 is 27.4 Å². The number of carbonyl (C=O) groups is 1. The van der Waals surface area contributed by atoms with Gasteiger partial charge < -0.3 is 9.47 Å². The standard InChI is InChI=1S/C37H34Cl2F3N3O3/c1-23(2)48-32-21-28(37(40,41)42)11-16-31(32)35-43-33(25-7-12-29(38)13-8-25)34(26-9-14-30(39)15-10-26)45(35)36(46)27-5-3-24(4-6-27)22-44-17-19-47-20-18-44/h3-16,21,23,33-34H,17-20,22H2,1-2H3. The number of carbonyl (C=O) groups excluding carboxylic acids is 1. The highest BCUT2D eigenvalue weighted by Crippen LogP contribution is 2.46. The van der Waals surface area contributed by atoms with E-state index in [1.165, 1.54) is 6.07 Å². The van der Waals surface area contributed by atoms with Gasteiger partial charge in [-0.1, -0.05) is 59.6 Å². The fraction of sp³-hybridized carbons (Fsp3) is 0.297. The maximum atomic E-state index is 14.7. The first-order chi connectivity index (χ1) is 23.0. The second-order valence-electron chi connectivity index (χ2n) is 12.1. The van der Waals surface area contributed by atoms with Crippen LogP contribution in [0.5, 0.6) is 5.75 Å². The molecule has 48 heavy (non-hydrogen) atoms. The van der Waals surface area contributed by atoms with Crippen LogP contribution in [0.2, 0.25) is 10.0 Å². The number of aliphatic imine (C=N–C) groups is 1. The van der Waals surface area contributed by atoms with E-state index < -0.39 is 29.9 Å². The van der Waals surface area contributed by atoms with Crippen LogP contribution in [-0.2, 0) is 17.5 Å². The zero-order chi connectivity index (χ0) is 34.0. The fourth-order valence-electron chi connectivity index (χ4n) is 6.01. The largest absolute Gasteiger partial charge is 0.490 e. The molecule has 0 aromatic heterocycles. The minimum absolute atomic E-state index is 0.0242. The van der Waals surface area contributed by atoms with Crippen LogP contribution in [0.4, 0.5) is 13.2 Å². The first-order valence-electron chi connectivity index (χ1n) is 15.7. The van der Waals surface area contributed by atoms with E-state index in [2.05, 4.69) is 4.90 Å². The molecule has 1 fully saturated rings. The number of halogens is 5. The highest BCUT2D eigenvalue weighted by molar-refractivity contribution is 6.30. The lowest BCUT2D eigenvalue weighted by molar-refractivity contribution is -0.137. The number of alkyl halides is 3. The third kappa shape index (κ3) is 7.55. The Kier molecular flexibility index (Phi) is 10.1. The van der Waals surface area contributed by atoms with Crippen LogP contribution in [0.1, 0.15) is 64.1 Å². The zero-order valence-electron chi connectivity index (χ0n) is 26.4. The topological polar surface area (TPSA) is 54.4 Å². The smallest absolute Gasteiger partial charge is 0.416 e. The maximum absolute atomic E-state index is 14.7. The van der Waals surface area contributed by atoms with Crippen LogP contribution in [0.3, 0.4) is 0 Å². The minimum Gasteiger partial charge on any atom is -0.490 e. The molecule has 6 rings (SSSR count). The molecule has 2 aliphatic rings. The van der Waals surface area contributed by atoms with E-state index in [1.807, 2.05) is 36.4 Å². The summed E-state index contributed by atoms with van der Waals surface area (Å²) in [6.07, 6.45) is -5.04. The average Bonchev–Trinajstić information content (AvgIpc) is 3.45. The number of nitrogens with zero attached hydrogens (tertiary/aromatic N) is 3. The van der Waals surface area contributed by atoms with Gasteiger partial charge in [-0.15, -0.1) is 0 Å². The molecular formula is C37H34Cl2F3N3O3. The van der Waals surface area contributed by atoms with Gasteiger partial charge in [-0.3, -0.25) is 19.6 Å². The van der Waals surface area contributed by atoms with Crippen molar-refractivity contribution in [2.24, 2.45) is 4.99 Å². The van der Waals surface area contributed by atoms with Gasteiger partial charge in [-0.25, -0.2) is 0 Å². The second-order valence-corrected chi connectivity index (χ2v) is 13.0. The van der Waals surface area contributed by atoms with Gasteiger partial charge in [0.2, 0.25) is 0 Å². The SMILES string of the molecule is CC(C)Oc1cc(C(F)(F)F)ccc1C1=NC(c2ccc(Cl)cc2)C(c2ccc(Cl)cc2)N1C(=O)c1ccc(CN2CCOCC2)cc1. The van der Waals surface area contributed by atoms with Crippen molar-refractivity contribution in [1.82, 2.24) is 9.80 Å². The Morgan fingerprint density at radius 1 is 0.896 bits per heavy atom. The average molecular weight is 697 g/mol. The van der Waals surface area contributed by atoms with Gasteiger partial charge in [0.05, 0.1) is 36.5 Å². The van der Waals surface area contributed by atoms with Crippen LogP contribution in [0.25, 0.3) is 0 Å². The molecule has 0 N–H and O–H groups in total. The Balaban J connectivity index is 1.48. The molecule has 2 unspecified atom stereocenters. The van der Waals surface area contributed by atoms with E-state index in [0.29, 0.717) is 28.8 Å². The third-order valence-corrected chi connectivity index (χ3v) is 8.84. The van der Waals surface area contributed by atoms with E-state index in [-0.39, 0.29) is 23.1 Å². The third-order valence-electron chi connectivity index (χ3n) is 8.33. The first-order valence-corrected chi connectivity index (χ1v) is 16.4. The van der Waals surface area contributed by atoms with Crippen molar-refractivity contribution in [2.45, 2.75) is 44.8 Å². The van der Waals surface area contributed by atoms with Crippen molar-refractivity contribution in [1.29, 1.82) is 0 Å². The van der Waals surface area contributed by atoms with E-state index >= 15 is 0 Å². The van der Waals surface area contributed by atoms with Gasteiger partial charge >= 0.3 is 6.18 Å². The summed E-state index contributed by atoms with van der Waals surface area (Å²) in [6.45, 7) is 7.21. The number of amides is 1. The summed E-state index contributed by atoms with van der Waals surface area (Å²) in [7, 11) is 0. The van der Waals surface area contributed by atoms with Crippen LogP contribution in [-0.4, -0.2) is 53.9 Å². The fourth-order valence-corrected chi connectivity index (χ4v) is 6.26. The summed E-state index contributed by atoms with van der Waals surface area (Å²) in [5.41, 5.74) is 2.37. The lowest BCUT2D eigenvalue weighted by Gasteiger charge is -2.30. The molecule has 0 spiro atoms. The maximum Gasteiger partial charge on any atom is 0.416 e. The Hall–Kier alpha value is -3.89. The van der Waals surface area contributed by atoms with E-state index in [1.54, 1.807) is 55.1 Å². The highest BCUT2D eigenvalue weighted by Gasteiger charge is 2.44. The predicted octanol–water partition coefficient (Wildman–Crippen LogP) is 9.02. The molecule has 4 aromatic rings. The highest BCUT2D eigenvalue weighted by atomic mass is 35.5. The molecule has 0 aliphatic carbocycles. The van der Waals surface area contributed by atoms with Crippen LogP contribution in [0.15, 0.2) is 96.0 Å². The van der Waals surface area contributed by atoms with E-state index in [0.717, 1.165) is 48.5 Å². The lowest BCUT2D eigenvalue weighted by atomic mass is 9.93. The van der Waals surface area contributed by atoms with Crippen LogP contribution >= 0.6 is 23.2 Å². The van der Waals surface area contributed by atoms with E-state index in [9.17, 15) is 18.0 Å². The molecule has 250 valence electrons. The quantitative estimate of drug-likeness (QED) is 0.185.